The highest BCUT2D eigenvalue weighted by atomic mass is 32.2. The summed E-state index contributed by atoms with van der Waals surface area (Å²) in [6, 6.07) is 10.0. The Morgan fingerprint density at radius 3 is 2.64 bits per heavy atom. The fourth-order valence-corrected chi connectivity index (χ4v) is 8.02. The first kappa shape index (κ1) is 32.4. The van der Waals surface area contributed by atoms with Gasteiger partial charge in [-0.3, -0.25) is 9.20 Å². The van der Waals surface area contributed by atoms with Crippen LogP contribution in [0.25, 0.3) is 5.65 Å². The Hall–Kier alpha value is -4.04. The number of hydrogen-bond acceptors (Lipinski definition) is 7. The highest BCUT2D eigenvalue weighted by molar-refractivity contribution is 7.89. The molecule has 14 heteroatoms. The number of halogens is 3. The Morgan fingerprint density at radius 2 is 1.91 bits per heavy atom. The predicted molar refractivity (Wildman–Crippen MR) is 162 cm³/mol. The van der Waals surface area contributed by atoms with Crippen molar-refractivity contribution in [1.29, 1.82) is 0 Å². The standard InChI is InChI=1S/C30H31F3N6O4S.CH4/c1-18-8-9-20(24(15-26(40)41)23-10-13-39-27(19(23)2)35-36-29(39)30(31,32)33)14-21(18)16-37-17-22-6-3-4-12-38(22)28-25(44(37,42)43)7-5-11-34-28;/h5,7-11,13-14,22,24H,3-4,6,12,15-17H2,1-2H3,(H,40,41);1H4/t22-,24+;/m0./s1. The molecule has 45 heavy (non-hydrogen) atoms. The summed E-state index contributed by atoms with van der Waals surface area (Å²) >= 11 is 0. The van der Waals surface area contributed by atoms with E-state index in [4.69, 9.17) is 0 Å². The van der Waals surface area contributed by atoms with Gasteiger partial charge >= 0.3 is 12.1 Å². The van der Waals surface area contributed by atoms with Crippen molar-refractivity contribution in [2.24, 2.45) is 0 Å². The van der Waals surface area contributed by atoms with Crippen molar-refractivity contribution >= 4 is 27.5 Å². The highest BCUT2D eigenvalue weighted by Crippen LogP contribution is 2.38. The average molecular weight is 645 g/mol. The number of sulfonamides is 1. The molecule has 0 saturated carbocycles. The number of nitrogens with zero attached hydrogens (tertiary/aromatic N) is 6. The van der Waals surface area contributed by atoms with Gasteiger partial charge in [0.15, 0.2) is 5.65 Å². The lowest BCUT2D eigenvalue weighted by molar-refractivity contribution is -0.145. The minimum atomic E-state index is -4.71. The molecule has 6 rings (SSSR count). The van der Waals surface area contributed by atoms with Crippen molar-refractivity contribution in [3.05, 3.63) is 82.4 Å². The fraction of sp³-hybridized carbons (Fsp3) is 0.419. The molecule has 0 radical (unpaired) electrons. The summed E-state index contributed by atoms with van der Waals surface area (Å²) in [5.74, 6) is -2.52. The van der Waals surface area contributed by atoms with E-state index in [1.165, 1.54) is 16.6 Å². The molecule has 5 heterocycles. The van der Waals surface area contributed by atoms with E-state index in [1.54, 1.807) is 37.4 Å². The van der Waals surface area contributed by atoms with Gasteiger partial charge in [0.05, 0.1) is 6.42 Å². The van der Waals surface area contributed by atoms with E-state index >= 15 is 0 Å². The average Bonchev–Trinajstić information content (AvgIpc) is 3.40. The van der Waals surface area contributed by atoms with E-state index in [0.717, 1.165) is 35.8 Å². The Morgan fingerprint density at radius 1 is 1.13 bits per heavy atom. The van der Waals surface area contributed by atoms with Crippen LogP contribution in [0.1, 0.15) is 72.7 Å². The van der Waals surface area contributed by atoms with E-state index in [0.29, 0.717) is 28.1 Å². The number of fused-ring (bicyclic) bond motifs is 4. The summed E-state index contributed by atoms with van der Waals surface area (Å²) in [7, 11) is -3.91. The van der Waals surface area contributed by atoms with Gasteiger partial charge in [0, 0.05) is 44.0 Å². The maximum atomic E-state index is 14.0. The first-order valence-corrected chi connectivity index (χ1v) is 15.7. The SMILES string of the molecule is C.Cc1ccc([C@@H](CC(=O)O)c2ccn3c(C(F)(F)F)nnc3c2C)cc1CN1C[C@@H]2CCCCN2c2ncccc2S1(=O)=O. The van der Waals surface area contributed by atoms with Crippen molar-refractivity contribution in [3.8, 4) is 0 Å². The largest absolute Gasteiger partial charge is 0.481 e. The number of carboxylic acids is 1. The quantitative estimate of drug-likeness (QED) is 0.290. The van der Waals surface area contributed by atoms with Gasteiger partial charge in [-0.1, -0.05) is 25.6 Å². The minimum Gasteiger partial charge on any atom is -0.481 e. The second-order valence-electron chi connectivity index (χ2n) is 11.4. The van der Waals surface area contributed by atoms with Crippen LogP contribution in [-0.4, -0.2) is 62.5 Å². The number of carboxylic acid groups (broad SMARTS) is 1. The molecular formula is C31H35F3N6O4S. The van der Waals surface area contributed by atoms with Crippen LogP contribution in [0.4, 0.5) is 19.0 Å². The summed E-state index contributed by atoms with van der Waals surface area (Å²) in [5, 5.41) is 16.9. The normalized spacial score (nSPS) is 18.9. The molecule has 4 aromatic rings. The molecule has 0 amide bonds. The molecule has 240 valence electrons. The van der Waals surface area contributed by atoms with Crippen LogP contribution in [0.3, 0.4) is 0 Å². The number of alkyl halides is 3. The van der Waals surface area contributed by atoms with Crippen LogP contribution in [0.2, 0.25) is 0 Å². The molecular weight excluding hydrogens is 609 g/mol. The molecule has 2 aliphatic heterocycles. The lowest BCUT2D eigenvalue weighted by Gasteiger charge is -2.36. The topological polar surface area (TPSA) is 121 Å². The number of benzene rings is 1. The van der Waals surface area contributed by atoms with Crippen LogP contribution in [0.5, 0.6) is 0 Å². The molecule has 1 saturated heterocycles. The van der Waals surface area contributed by atoms with Crippen LogP contribution in [0, 0.1) is 13.8 Å². The van der Waals surface area contributed by atoms with Gasteiger partial charge in [0.25, 0.3) is 0 Å². The van der Waals surface area contributed by atoms with Crippen molar-refractivity contribution in [2.45, 2.75) is 76.5 Å². The Labute approximate surface area is 259 Å². The Kier molecular flexibility index (Phi) is 8.66. The van der Waals surface area contributed by atoms with Crippen molar-refractivity contribution < 1.29 is 31.5 Å². The highest BCUT2D eigenvalue weighted by Gasteiger charge is 2.40. The summed E-state index contributed by atoms with van der Waals surface area (Å²) in [6.45, 7) is 4.53. The maximum absolute atomic E-state index is 14.0. The molecule has 0 unspecified atom stereocenters. The molecule has 3 aromatic heterocycles. The van der Waals surface area contributed by atoms with Gasteiger partial charge in [0.1, 0.15) is 10.7 Å². The second kappa shape index (κ2) is 12.0. The maximum Gasteiger partial charge on any atom is 0.452 e. The zero-order valence-electron chi connectivity index (χ0n) is 24.1. The number of piperidine rings is 1. The van der Waals surface area contributed by atoms with E-state index in [-0.39, 0.29) is 43.5 Å². The smallest absolute Gasteiger partial charge is 0.452 e. The number of aryl methyl sites for hydroxylation is 2. The third-order valence-electron chi connectivity index (χ3n) is 8.68. The van der Waals surface area contributed by atoms with Crippen molar-refractivity contribution in [1.82, 2.24) is 23.9 Å². The molecule has 1 N–H and O–H groups in total. The van der Waals surface area contributed by atoms with E-state index in [9.17, 15) is 31.5 Å². The summed E-state index contributed by atoms with van der Waals surface area (Å²) in [6.07, 6.45) is 0.544. The lowest BCUT2D eigenvalue weighted by atomic mass is 9.85. The van der Waals surface area contributed by atoms with E-state index < -0.39 is 33.9 Å². The van der Waals surface area contributed by atoms with Gasteiger partial charge < -0.3 is 10.0 Å². The molecule has 0 spiro atoms. The second-order valence-corrected chi connectivity index (χ2v) is 13.3. The summed E-state index contributed by atoms with van der Waals surface area (Å²) < 4.78 is 70.7. The number of rotatable bonds is 6. The molecule has 1 aromatic carbocycles. The monoisotopic (exact) mass is 644 g/mol. The van der Waals surface area contributed by atoms with Gasteiger partial charge in [0.2, 0.25) is 15.8 Å². The molecule has 10 nitrogen and oxygen atoms in total. The molecule has 1 fully saturated rings. The first-order chi connectivity index (χ1) is 20.9. The number of aliphatic carboxylic acids is 1. The number of carbonyl (C=O) groups is 1. The van der Waals surface area contributed by atoms with Crippen LogP contribution in [0.15, 0.2) is 53.7 Å². The van der Waals surface area contributed by atoms with E-state index in [2.05, 4.69) is 20.1 Å². The number of aromatic nitrogens is 4. The van der Waals surface area contributed by atoms with E-state index in [1.807, 2.05) is 13.0 Å². The van der Waals surface area contributed by atoms with Crippen molar-refractivity contribution in [2.75, 3.05) is 18.0 Å². The summed E-state index contributed by atoms with van der Waals surface area (Å²) in [4.78, 5) is 18.7. The van der Waals surface area contributed by atoms with Crippen LogP contribution >= 0.6 is 0 Å². The number of hydrogen-bond donors (Lipinski definition) is 1. The van der Waals surface area contributed by atoms with Crippen LogP contribution < -0.4 is 4.90 Å². The molecule has 0 aliphatic carbocycles. The third-order valence-corrected chi connectivity index (χ3v) is 10.5. The first-order valence-electron chi connectivity index (χ1n) is 14.3. The van der Waals surface area contributed by atoms with Crippen molar-refractivity contribution in [3.63, 3.8) is 0 Å². The predicted octanol–water partition coefficient (Wildman–Crippen LogP) is 5.57. The van der Waals surface area contributed by atoms with Gasteiger partial charge in [-0.15, -0.1) is 10.2 Å². The fourth-order valence-electron chi connectivity index (χ4n) is 6.41. The molecule has 0 bridgehead atoms. The van der Waals surface area contributed by atoms with Gasteiger partial charge in [-0.2, -0.15) is 17.5 Å². The minimum absolute atomic E-state index is 0. The Bertz CT molecular complexity index is 1860. The number of pyridine rings is 2. The van der Waals surface area contributed by atoms with Gasteiger partial charge in [-0.05, 0) is 79.1 Å². The zero-order valence-corrected chi connectivity index (χ0v) is 24.9. The Balaban J connectivity index is 0.00000400. The number of anilines is 1. The molecule has 2 atom stereocenters. The van der Waals surface area contributed by atoms with Crippen LogP contribution in [-0.2, 0) is 27.5 Å². The third kappa shape index (κ3) is 5.88. The molecule has 2 aliphatic rings. The van der Waals surface area contributed by atoms with Gasteiger partial charge in [-0.25, -0.2) is 13.4 Å². The lowest BCUT2D eigenvalue weighted by Crippen LogP contribution is -2.45. The zero-order chi connectivity index (χ0) is 31.4. The summed E-state index contributed by atoms with van der Waals surface area (Å²) in [5.41, 5.74) is 2.99.